The Balaban J connectivity index is 1.66. The Hall–Kier alpha value is -4.41. The minimum Gasteiger partial charge on any atom is -0.358 e. The summed E-state index contributed by atoms with van der Waals surface area (Å²) in [5.41, 5.74) is 4.05. The fourth-order valence-corrected chi connectivity index (χ4v) is 3.59. The van der Waals surface area contributed by atoms with E-state index in [1.165, 1.54) is 53.7 Å². The number of hydrogen-bond donors (Lipinski definition) is 3. The van der Waals surface area contributed by atoms with Crippen molar-refractivity contribution in [1.82, 2.24) is 29.6 Å². The van der Waals surface area contributed by atoms with E-state index in [-0.39, 0.29) is 10.9 Å². The molecule has 0 spiro atoms. The largest absolute Gasteiger partial charge is 0.358 e. The topological polar surface area (TPSA) is 113 Å². The van der Waals surface area contributed by atoms with Crippen molar-refractivity contribution in [2.24, 2.45) is 0 Å². The molecule has 0 saturated heterocycles. The highest BCUT2D eigenvalue weighted by molar-refractivity contribution is 5.82. The first-order valence-corrected chi connectivity index (χ1v) is 10.2. The molecule has 2 aromatic carbocycles. The van der Waals surface area contributed by atoms with Gasteiger partial charge in [0.05, 0.1) is 23.6 Å². The standard InChI is InChI=1S/C22H18F2N8O/c1-2-15(29-20-18-19(26-10-25-18)27-11-28-20)21-30-16-5-3-4-14(24)17(16)22(33)32(21)31-13-8-6-12(23)7-9-13/h3-11,15,31H,2H2,1H3,(H2,25,26,27,28,29)/t15-/m0/s1. The maximum atomic E-state index is 14.5. The lowest BCUT2D eigenvalue weighted by molar-refractivity contribution is 0.621. The van der Waals surface area contributed by atoms with Crippen LogP contribution in [0.3, 0.4) is 0 Å². The molecule has 3 N–H and O–H groups in total. The Kier molecular flexibility index (Phi) is 5.13. The average Bonchev–Trinajstić information content (AvgIpc) is 3.30. The van der Waals surface area contributed by atoms with E-state index in [9.17, 15) is 13.6 Å². The van der Waals surface area contributed by atoms with Gasteiger partial charge < -0.3 is 10.3 Å². The summed E-state index contributed by atoms with van der Waals surface area (Å²) in [6, 6.07) is 9.24. The molecule has 0 aliphatic carbocycles. The highest BCUT2D eigenvalue weighted by atomic mass is 19.1. The fraction of sp³-hybridized carbons (Fsp3) is 0.136. The Morgan fingerprint density at radius 2 is 1.91 bits per heavy atom. The van der Waals surface area contributed by atoms with Crippen molar-refractivity contribution < 1.29 is 8.78 Å². The molecule has 0 fully saturated rings. The Labute approximate surface area is 185 Å². The van der Waals surface area contributed by atoms with Gasteiger partial charge in [0.1, 0.15) is 28.9 Å². The van der Waals surface area contributed by atoms with Gasteiger partial charge in [-0.05, 0) is 42.8 Å². The lowest BCUT2D eigenvalue weighted by Gasteiger charge is -2.22. The SMILES string of the molecule is CC[C@H](Nc1ncnc2[nH]cnc12)c1nc2cccc(F)c2c(=O)n1Nc1ccc(F)cc1. The lowest BCUT2D eigenvalue weighted by Crippen LogP contribution is -2.34. The van der Waals surface area contributed by atoms with E-state index in [1.807, 2.05) is 6.92 Å². The molecule has 0 saturated carbocycles. The average molecular weight is 448 g/mol. The van der Waals surface area contributed by atoms with Gasteiger partial charge in [-0.2, -0.15) is 0 Å². The van der Waals surface area contributed by atoms with Crippen LogP contribution in [0.5, 0.6) is 0 Å². The quantitative estimate of drug-likeness (QED) is 0.362. The van der Waals surface area contributed by atoms with Crippen LogP contribution in [0.25, 0.3) is 22.1 Å². The van der Waals surface area contributed by atoms with Gasteiger partial charge in [-0.1, -0.05) is 13.0 Å². The summed E-state index contributed by atoms with van der Waals surface area (Å²) in [4.78, 5) is 33.5. The molecule has 0 amide bonds. The first kappa shape index (κ1) is 20.5. The minimum absolute atomic E-state index is 0.151. The summed E-state index contributed by atoms with van der Waals surface area (Å²) in [5, 5.41) is 3.12. The number of aromatic amines is 1. The number of nitrogens with zero attached hydrogens (tertiary/aromatic N) is 5. The molecule has 3 heterocycles. The Bertz CT molecular complexity index is 1510. The zero-order chi connectivity index (χ0) is 22.9. The van der Waals surface area contributed by atoms with Crippen LogP contribution in [-0.2, 0) is 0 Å². The van der Waals surface area contributed by atoms with Crippen molar-refractivity contribution in [1.29, 1.82) is 0 Å². The van der Waals surface area contributed by atoms with Crippen LogP contribution in [0.4, 0.5) is 20.3 Å². The summed E-state index contributed by atoms with van der Waals surface area (Å²) in [6.07, 6.45) is 3.41. The number of hydrogen-bond acceptors (Lipinski definition) is 7. The van der Waals surface area contributed by atoms with E-state index in [0.29, 0.717) is 34.9 Å². The second kappa shape index (κ2) is 8.26. The number of rotatable bonds is 6. The predicted octanol–water partition coefficient (Wildman–Crippen LogP) is 3.78. The molecule has 0 unspecified atom stereocenters. The molecule has 0 aliphatic rings. The molecule has 33 heavy (non-hydrogen) atoms. The molecule has 0 bridgehead atoms. The van der Waals surface area contributed by atoms with Crippen molar-refractivity contribution >= 4 is 33.6 Å². The van der Waals surface area contributed by atoms with Gasteiger partial charge in [-0.25, -0.2) is 33.4 Å². The van der Waals surface area contributed by atoms with Crippen molar-refractivity contribution in [2.45, 2.75) is 19.4 Å². The molecule has 11 heteroatoms. The Morgan fingerprint density at radius 3 is 2.70 bits per heavy atom. The molecule has 3 aromatic heterocycles. The maximum Gasteiger partial charge on any atom is 0.283 e. The normalized spacial score (nSPS) is 12.2. The summed E-state index contributed by atoms with van der Waals surface area (Å²) in [6.45, 7) is 1.91. The minimum atomic E-state index is -0.679. The van der Waals surface area contributed by atoms with Crippen LogP contribution in [0.1, 0.15) is 25.2 Å². The number of anilines is 2. The van der Waals surface area contributed by atoms with E-state index in [1.54, 1.807) is 6.07 Å². The van der Waals surface area contributed by atoms with Gasteiger partial charge in [0, 0.05) is 0 Å². The zero-order valence-corrected chi connectivity index (χ0v) is 17.4. The summed E-state index contributed by atoms with van der Waals surface area (Å²) in [5.74, 6) is -0.348. The van der Waals surface area contributed by atoms with Gasteiger partial charge in [0.25, 0.3) is 5.56 Å². The number of fused-ring (bicyclic) bond motifs is 2. The van der Waals surface area contributed by atoms with Gasteiger partial charge in [0.15, 0.2) is 17.3 Å². The molecule has 5 rings (SSSR count). The summed E-state index contributed by atoms with van der Waals surface area (Å²) < 4.78 is 29.1. The van der Waals surface area contributed by atoms with Gasteiger partial charge in [0.2, 0.25) is 0 Å². The van der Waals surface area contributed by atoms with Gasteiger partial charge in [-0.15, -0.1) is 0 Å². The van der Waals surface area contributed by atoms with E-state index in [0.717, 1.165) is 0 Å². The summed E-state index contributed by atoms with van der Waals surface area (Å²) >= 11 is 0. The number of benzene rings is 2. The number of H-pyrrole nitrogens is 1. The maximum absolute atomic E-state index is 14.5. The number of nitrogens with one attached hydrogen (secondary N) is 3. The second-order valence-corrected chi connectivity index (χ2v) is 7.29. The first-order chi connectivity index (χ1) is 16.0. The highest BCUT2D eigenvalue weighted by Crippen LogP contribution is 2.25. The molecule has 166 valence electrons. The molecule has 1 atom stereocenters. The molecule has 0 aliphatic heterocycles. The van der Waals surface area contributed by atoms with Crippen molar-refractivity contribution in [3.63, 3.8) is 0 Å². The predicted molar refractivity (Wildman–Crippen MR) is 120 cm³/mol. The summed E-state index contributed by atoms with van der Waals surface area (Å²) in [7, 11) is 0. The van der Waals surface area contributed by atoms with Crippen molar-refractivity contribution in [3.05, 3.63) is 82.9 Å². The molecular weight excluding hydrogens is 430 g/mol. The van der Waals surface area contributed by atoms with E-state index in [2.05, 4.69) is 35.7 Å². The van der Waals surface area contributed by atoms with Crippen LogP contribution >= 0.6 is 0 Å². The first-order valence-electron chi connectivity index (χ1n) is 10.2. The zero-order valence-electron chi connectivity index (χ0n) is 17.4. The molecule has 0 radical (unpaired) electrons. The lowest BCUT2D eigenvalue weighted by atomic mass is 10.1. The molecule has 5 aromatic rings. The van der Waals surface area contributed by atoms with Crippen molar-refractivity contribution in [2.75, 3.05) is 10.7 Å². The van der Waals surface area contributed by atoms with E-state index < -0.39 is 23.2 Å². The fourth-order valence-electron chi connectivity index (χ4n) is 3.59. The third kappa shape index (κ3) is 3.73. The van der Waals surface area contributed by atoms with Crippen LogP contribution in [0.2, 0.25) is 0 Å². The highest BCUT2D eigenvalue weighted by Gasteiger charge is 2.22. The van der Waals surface area contributed by atoms with Crippen LogP contribution < -0.4 is 16.3 Å². The smallest absolute Gasteiger partial charge is 0.283 e. The van der Waals surface area contributed by atoms with Crippen molar-refractivity contribution in [3.8, 4) is 0 Å². The number of aromatic nitrogens is 6. The Morgan fingerprint density at radius 1 is 1.09 bits per heavy atom. The third-order valence-electron chi connectivity index (χ3n) is 5.21. The van der Waals surface area contributed by atoms with Gasteiger partial charge >= 0.3 is 0 Å². The van der Waals surface area contributed by atoms with Crippen LogP contribution in [0.15, 0.2) is 59.9 Å². The number of halogens is 2. The van der Waals surface area contributed by atoms with Crippen LogP contribution in [0, 0.1) is 11.6 Å². The van der Waals surface area contributed by atoms with E-state index in [4.69, 9.17) is 0 Å². The number of imidazole rings is 1. The molecule has 9 nitrogen and oxygen atoms in total. The third-order valence-corrected chi connectivity index (χ3v) is 5.21. The molecular formula is C22H18F2N8O. The monoisotopic (exact) mass is 448 g/mol. The van der Waals surface area contributed by atoms with Crippen LogP contribution in [-0.4, -0.2) is 29.6 Å². The van der Waals surface area contributed by atoms with Gasteiger partial charge in [-0.3, -0.25) is 10.2 Å². The second-order valence-electron chi connectivity index (χ2n) is 7.29. The van der Waals surface area contributed by atoms with E-state index >= 15 is 0 Å².